The van der Waals surface area contributed by atoms with Crippen molar-refractivity contribution in [1.82, 2.24) is 4.57 Å². The molecule has 6 heteroatoms. The minimum Gasteiger partial charge on any atom is -0.388 e. The SMILES string of the molecule is CC(=O)n1cc(C=N/C(C#N)=C(\N)C#N)c2ccccc21. The van der Waals surface area contributed by atoms with Gasteiger partial charge < -0.3 is 5.73 Å². The second kappa shape index (κ2) is 5.72. The summed E-state index contributed by atoms with van der Waals surface area (Å²) in [5, 5.41) is 18.4. The van der Waals surface area contributed by atoms with Crippen LogP contribution in [0.25, 0.3) is 10.9 Å². The highest BCUT2D eigenvalue weighted by Crippen LogP contribution is 2.20. The quantitative estimate of drug-likeness (QED) is 0.668. The van der Waals surface area contributed by atoms with E-state index in [4.69, 9.17) is 16.3 Å². The number of aromatic nitrogens is 1. The Labute approximate surface area is 121 Å². The molecule has 0 fully saturated rings. The standard InChI is InChI=1S/C15H11N5O/c1-10(21)20-9-11(12-4-2-3-5-15(12)20)8-19-14(7-17)13(18)6-16/h2-5,8-9H,18H2,1H3/b14-13-,19-8?. The third-order valence-corrected chi connectivity index (χ3v) is 2.90. The van der Waals surface area contributed by atoms with Crippen molar-refractivity contribution in [2.75, 3.05) is 0 Å². The molecule has 0 spiro atoms. The maximum Gasteiger partial charge on any atom is 0.227 e. The molecule has 0 saturated heterocycles. The van der Waals surface area contributed by atoms with Crippen molar-refractivity contribution in [3.63, 3.8) is 0 Å². The number of nitriles is 2. The highest BCUT2D eigenvalue weighted by Gasteiger charge is 2.09. The summed E-state index contributed by atoms with van der Waals surface area (Å²) < 4.78 is 1.50. The summed E-state index contributed by atoms with van der Waals surface area (Å²) in [4.78, 5) is 15.5. The Morgan fingerprint density at radius 2 is 2.05 bits per heavy atom. The van der Waals surface area contributed by atoms with Crippen LogP contribution in [0, 0.1) is 22.7 Å². The number of nitrogens with zero attached hydrogens (tertiary/aromatic N) is 4. The molecule has 0 atom stereocenters. The molecular weight excluding hydrogens is 266 g/mol. The zero-order valence-corrected chi connectivity index (χ0v) is 11.2. The molecule has 2 rings (SSSR count). The summed E-state index contributed by atoms with van der Waals surface area (Å²) in [6.07, 6.45) is 3.05. The van der Waals surface area contributed by atoms with E-state index in [1.165, 1.54) is 17.7 Å². The minimum atomic E-state index is -0.246. The number of rotatable bonds is 2. The molecule has 1 aromatic carbocycles. The number of carbonyl (C=O) groups excluding carboxylic acids is 1. The average molecular weight is 277 g/mol. The van der Waals surface area contributed by atoms with Gasteiger partial charge in [-0.1, -0.05) is 18.2 Å². The number of aliphatic imine (C=N–C) groups is 1. The normalized spacial score (nSPS) is 12.0. The van der Waals surface area contributed by atoms with Crippen LogP contribution in [0.2, 0.25) is 0 Å². The lowest BCUT2D eigenvalue weighted by atomic mass is 10.2. The zero-order chi connectivity index (χ0) is 15.4. The summed E-state index contributed by atoms with van der Waals surface area (Å²) in [5.74, 6) is -0.126. The Morgan fingerprint density at radius 3 is 2.67 bits per heavy atom. The first kappa shape index (κ1) is 14.0. The number of allylic oxidation sites excluding steroid dienone is 2. The zero-order valence-electron chi connectivity index (χ0n) is 11.2. The number of nitrogens with two attached hydrogens (primary N) is 1. The predicted molar refractivity (Wildman–Crippen MR) is 78.3 cm³/mol. The van der Waals surface area contributed by atoms with Crippen molar-refractivity contribution in [3.8, 4) is 12.1 Å². The van der Waals surface area contributed by atoms with E-state index in [2.05, 4.69) is 4.99 Å². The first-order valence-corrected chi connectivity index (χ1v) is 6.03. The van der Waals surface area contributed by atoms with Crippen LogP contribution in [0.5, 0.6) is 0 Å². The van der Waals surface area contributed by atoms with Crippen molar-refractivity contribution in [1.29, 1.82) is 10.5 Å². The van der Waals surface area contributed by atoms with Crippen molar-refractivity contribution in [2.24, 2.45) is 10.7 Å². The molecule has 0 saturated carbocycles. The largest absolute Gasteiger partial charge is 0.388 e. The number of hydrogen-bond acceptors (Lipinski definition) is 5. The minimum absolute atomic E-state index is 0.126. The van der Waals surface area contributed by atoms with Crippen molar-refractivity contribution in [3.05, 3.63) is 47.4 Å². The van der Waals surface area contributed by atoms with Gasteiger partial charge in [-0.2, -0.15) is 10.5 Å². The van der Waals surface area contributed by atoms with Gasteiger partial charge in [0.25, 0.3) is 0 Å². The van der Waals surface area contributed by atoms with Crippen LogP contribution in [0.3, 0.4) is 0 Å². The summed E-state index contributed by atoms with van der Waals surface area (Å²) in [7, 11) is 0. The van der Waals surface area contributed by atoms with Crippen LogP contribution in [0.4, 0.5) is 0 Å². The lowest BCUT2D eigenvalue weighted by Gasteiger charge is -1.96. The first-order chi connectivity index (χ1) is 10.1. The highest BCUT2D eigenvalue weighted by molar-refractivity contribution is 6.03. The van der Waals surface area contributed by atoms with Gasteiger partial charge in [0.1, 0.15) is 17.8 Å². The maximum atomic E-state index is 11.6. The summed E-state index contributed by atoms with van der Waals surface area (Å²) in [6.45, 7) is 1.46. The van der Waals surface area contributed by atoms with Gasteiger partial charge in [-0.05, 0) is 6.07 Å². The summed E-state index contributed by atoms with van der Waals surface area (Å²) in [6, 6.07) is 10.8. The summed E-state index contributed by atoms with van der Waals surface area (Å²) in [5.41, 5.74) is 6.40. The maximum absolute atomic E-state index is 11.6. The molecular formula is C15H11N5O. The molecule has 6 nitrogen and oxygen atoms in total. The molecule has 0 aliphatic heterocycles. The van der Waals surface area contributed by atoms with Crippen LogP contribution >= 0.6 is 0 Å². The Morgan fingerprint density at radius 1 is 1.33 bits per heavy atom. The van der Waals surface area contributed by atoms with Crippen LogP contribution in [0.15, 0.2) is 46.8 Å². The Kier molecular flexibility index (Phi) is 3.83. The van der Waals surface area contributed by atoms with Gasteiger partial charge in [-0.3, -0.25) is 9.36 Å². The molecule has 21 heavy (non-hydrogen) atoms. The lowest BCUT2D eigenvalue weighted by molar-refractivity contribution is 0.0941. The Bertz CT molecular complexity index is 858. The second-order valence-corrected chi connectivity index (χ2v) is 4.23. The fourth-order valence-electron chi connectivity index (χ4n) is 1.92. The van der Waals surface area contributed by atoms with Crippen LogP contribution in [-0.2, 0) is 0 Å². The van der Waals surface area contributed by atoms with E-state index in [-0.39, 0.29) is 17.3 Å². The van der Waals surface area contributed by atoms with E-state index < -0.39 is 0 Å². The van der Waals surface area contributed by atoms with E-state index >= 15 is 0 Å². The van der Waals surface area contributed by atoms with Gasteiger partial charge in [-0.15, -0.1) is 0 Å². The van der Waals surface area contributed by atoms with E-state index in [1.807, 2.05) is 24.3 Å². The molecule has 102 valence electrons. The fourth-order valence-corrected chi connectivity index (χ4v) is 1.92. The number of benzene rings is 1. The van der Waals surface area contributed by atoms with Crippen LogP contribution in [-0.4, -0.2) is 16.7 Å². The lowest BCUT2D eigenvalue weighted by Crippen LogP contribution is -2.02. The van der Waals surface area contributed by atoms with Gasteiger partial charge in [0.05, 0.1) is 5.52 Å². The average Bonchev–Trinajstić information content (AvgIpc) is 2.87. The summed E-state index contributed by atoms with van der Waals surface area (Å²) >= 11 is 0. The van der Waals surface area contributed by atoms with Crippen LogP contribution < -0.4 is 5.73 Å². The van der Waals surface area contributed by atoms with Gasteiger partial charge in [0, 0.05) is 30.3 Å². The topological polar surface area (TPSA) is 108 Å². The molecule has 0 aliphatic carbocycles. The fraction of sp³-hybridized carbons (Fsp3) is 0.0667. The molecule has 2 aromatic rings. The van der Waals surface area contributed by atoms with Crippen molar-refractivity contribution < 1.29 is 4.79 Å². The van der Waals surface area contributed by atoms with E-state index in [1.54, 1.807) is 18.3 Å². The third kappa shape index (κ3) is 2.65. The van der Waals surface area contributed by atoms with Gasteiger partial charge >= 0.3 is 0 Å². The Hall–Kier alpha value is -3.38. The van der Waals surface area contributed by atoms with E-state index in [9.17, 15) is 4.79 Å². The van der Waals surface area contributed by atoms with Crippen LogP contribution in [0.1, 0.15) is 17.3 Å². The number of hydrogen-bond donors (Lipinski definition) is 1. The molecule has 0 radical (unpaired) electrons. The third-order valence-electron chi connectivity index (χ3n) is 2.90. The first-order valence-electron chi connectivity index (χ1n) is 6.03. The van der Waals surface area contributed by atoms with E-state index in [0.29, 0.717) is 5.56 Å². The highest BCUT2D eigenvalue weighted by atomic mass is 16.1. The molecule has 0 bridgehead atoms. The molecule has 1 aromatic heterocycles. The number of fused-ring (bicyclic) bond motifs is 1. The molecule has 0 unspecified atom stereocenters. The van der Waals surface area contributed by atoms with Gasteiger partial charge in [0.2, 0.25) is 5.91 Å². The van der Waals surface area contributed by atoms with E-state index in [0.717, 1.165) is 10.9 Å². The molecule has 0 aliphatic rings. The van der Waals surface area contributed by atoms with Gasteiger partial charge in [-0.25, -0.2) is 4.99 Å². The monoisotopic (exact) mass is 277 g/mol. The molecule has 2 N–H and O–H groups in total. The number of para-hydroxylation sites is 1. The second-order valence-electron chi connectivity index (χ2n) is 4.23. The Balaban J connectivity index is 2.57. The van der Waals surface area contributed by atoms with Crippen molar-refractivity contribution >= 4 is 23.0 Å². The van der Waals surface area contributed by atoms with Crippen molar-refractivity contribution in [2.45, 2.75) is 6.92 Å². The molecule has 0 amide bonds. The molecule has 1 heterocycles. The van der Waals surface area contributed by atoms with Gasteiger partial charge in [0.15, 0.2) is 5.70 Å². The number of carbonyl (C=O) groups is 1. The smallest absolute Gasteiger partial charge is 0.227 e. The predicted octanol–water partition coefficient (Wildman–Crippen LogP) is 1.94.